The van der Waals surface area contributed by atoms with E-state index in [1.807, 2.05) is 42.5 Å². The smallest absolute Gasteiger partial charge is 0.273 e. The molecular weight excluding hydrogens is 350 g/mol. The van der Waals surface area contributed by atoms with Crippen molar-refractivity contribution in [3.8, 4) is 0 Å². The molecular formula is C19H17N3O3S. The molecule has 0 atom stereocenters. The number of benzene rings is 2. The fraction of sp³-hybridized carbons (Fsp3) is 0.105. The highest BCUT2D eigenvalue weighted by Gasteiger charge is 2.12. The second-order valence-electron chi connectivity index (χ2n) is 5.66. The summed E-state index contributed by atoms with van der Waals surface area (Å²) in [5, 5.41) is 4.66. The van der Waals surface area contributed by atoms with Crippen molar-refractivity contribution in [3.63, 3.8) is 0 Å². The van der Waals surface area contributed by atoms with E-state index in [9.17, 15) is 9.59 Å². The zero-order chi connectivity index (χ0) is 18.5. The summed E-state index contributed by atoms with van der Waals surface area (Å²) in [7, 11) is 0. The number of hydrogen-bond acceptors (Lipinski definition) is 4. The van der Waals surface area contributed by atoms with Crippen LogP contribution in [0.3, 0.4) is 0 Å². The fourth-order valence-electron chi connectivity index (χ4n) is 2.62. The number of rotatable bonds is 3. The van der Waals surface area contributed by atoms with E-state index in [2.05, 4.69) is 16.2 Å². The Kier molecular flexibility index (Phi) is 5.28. The lowest BCUT2D eigenvalue weighted by molar-refractivity contribution is -0.119. The number of fused-ring (bicyclic) bond motifs is 1. The predicted octanol–water partition coefficient (Wildman–Crippen LogP) is 2.62. The van der Waals surface area contributed by atoms with Gasteiger partial charge in [-0.05, 0) is 41.5 Å². The molecule has 132 valence electrons. The molecule has 2 amide bonds. The third-order valence-corrected chi connectivity index (χ3v) is 4.08. The number of furan rings is 1. The number of amides is 2. The predicted molar refractivity (Wildman–Crippen MR) is 102 cm³/mol. The standard InChI is InChI=1S/C19H17N3O3S/c1-12-15(9-10-25-12)18(24)21-22-19(26)20-17(23)11-14-7-4-6-13-5-2-3-8-16(13)14/h2-10H,11H2,1H3,(H,21,24)(H2,20,22,23,26). The first kappa shape index (κ1) is 17.6. The molecule has 3 rings (SSSR count). The average Bonchev–Trinajstić information content (AvgIpc) is 3.06. The third kappa shape index (κ3) is 4.07. The summed E-state index contributed by atoms with van der Waals surface area (Å²) in [4.78, 5) is 24.2. The van der Waals surface area contributed by atoms with Crippen molar-refractivity contribution in [1.29, 1.82) is 0 Å². The molecule has 3 aromatic rings. The molecule has 1 heterocycles. The first-order valence-corrected chi connectivity index (χ1v) is 8.36. The van der Waals surface area contributed by atoms with E-state index in [0.29, 0.717) is 11.3 Å². The maximum absolute atomic E-state index is 12.2. The molecule has 0 aliphatic rings. The normalized spacial score (nSPS) is 10.3. The lowest BCUT2D eigenvalue weighted by atomic mass is 10.0. The maximum Gasteiger partial charge on any atom is 0.273 e. The number of carbonyl (C=O) groups excluding carboxylic acids is 2. The summed E-state index contributed by atoms with van der Waals surface area (Å²) < 4.78 is 5.07. The summed E-state index contributed by atoms with van der Waals surface area (Å²) in [6.45, 7) is 1.68. The van der Waals surface area contributed by atoms with Crippen molar-refractivity contribution in [3.05, 3.63) is 71.7 Å². The van der Waals surface area contributed by atoms with E-state index < -0.39 is 5.91 Å². The van der Waals surface area contributed by atoms with Crippen molar-refractivity contribution < 1.29 is 14.0 Å². The Balaban J connectivity index is 1.55. The van der Waals surface area contributed by atoms with E-state index in [0.717, 1.165) is 16.3 Å². The van der Waals surface area contributed by atoms with Gasteiger partial charge in [-0.3, -0.25) is 20.4 Å². The Hall–Kier alpha value is -3.19. The number of hydrogen-bond donors (Lipinski definition) is 3. The van der Waals surface area contributed by atoms with Gasteiger partial charge in [0, 0.05) is 0 Å². The molecule has 0 saturated heterocycles. The van der Waals surface area contributed by atoms with Gasteiger partial charge in [0.2, 0.25) is 5.91 Å². The zero-order valence-corrected chi connectivity index (χ0v) is 14.9. The van der Waals surface area contributed by atoms with Crippen LogP contribution in [0.4, 0.5) is 0 Å². The molecule has 0 saturated carbocycles. The minimum absolute atomic E-state index is 0.0183. The Morgan fingerprint density at radius 1 is 1.04 bits per heavy atom. The van der Waals surface area contributed by atoms with Gasteiger partial charge in [0.1, 0.15) is 5.76 Å². The molecule has 0 aliphatic heterocycles. The van der Waals surface area contributed by atoms with Crippen LogP contribution in [0.25, 0.3) is 10.8 Å². The summed E-state index contributed by atoms with van der Waals surface area (Å²) >= 11 is 5.04. The van der Waals surface area contributed by atoms with Gasteiger partial charge in [-0.15, -0.1) is 0 Å². The summed E-state index contributed by atoms with van der Waals surface area (Å²) in [6, 6.07) is 15.2. The first-order valence-electron chi connectivity index (χ1n) is 7.95. The van der Waals surface area contributed by atoms with Crippen LogP contribution in [0, 0.1) is 6.92 Å². The maximum atomic E-state index is 12.2. The van der Waals surface area contributed by atoms with Crippen molar-refractivity contribution in [2.75, 3.05) is 0 Å². The van der Waals surface area contributed by atoms with Gasteiger partial charge < -0.3 is 9.73 Å². The van der Waals surface area contributed by atoms with Crippen LogP contribution in [0.5, 0.6) is 0 Å². The number of aryl methyl sites for hydroxylation is 1. The van der Waals surface area contributed by atoms with Crippen LogP contribution < -0.4 is 16.2 Å². The lowest BCUT2D eigenvalue weighted by Crippen LogP contribution is -2.48. The van der Waals surface area contributed by atoms with Gasteiger partial charge in [-0.1, -0.05) is 42.5 Å². The highest BCUT2D eigenvalue weighted by atomic mass is 32.1. The van der Waals surface area contributed by atoms with Crippen molar-refractivity contribution in [1.82, 2.24) is 16.2 Å². The molecule has 6 nitrogen and oxygen atoms in total. The zero-order valence-electron chi connectivity index (χ0n) is 14.0. The molecule has 0 radical (unpaired) electrons. The lowest BCUT2D eigenvalue weighted by Gasteiger charge is -2.11. The summed E-state index contributed by atoms with van der Waals surface area (Å²) in [6.07, 6.45) is 1.60. The Labute approximate surface area is 155 Å². The molecule has 1 aromatic heterocycles. The Morgan fingerprint density at radius 2 is 1.81 bits per heavy atom. The minimum atomic E-state index is -0.401. The Bertz CT molecular complexity index is 976. The summed E-state index contributed by atoms with van der Waals surface area (Å²) in [5.74, 6) is -0.176. The summed E-state index contributed by atoms with van der Waals surface area (Å²) in [5.41, 5.74) is 6.22. The fourth-order valence-corrected chi connectivity index (χ4v) is 2.79. The molecule has 0 spiro atoms. The van der Waals surface area contributed by atoms with E-state index in [1.165, 1.54) is 6.26 Å². The van der Waals surface area contributed by atoms with E-state index in [-0.39, 0.29) is 17.4 Å². The van der Waals surface area contributed by atoms with Crippen molar-refractivity contribution in [2.45, 2.75) is 13.3 Å². The molecule has 0 unspecified atom stereocenters. The number of thiocarbonyl (C=S) groups is 1. The van der Waals surface area contributed by atoms with Gasteiger partial charge in [0.15, 0.2) is 5.11 Å². The van der Waals surface area contributed by atoms with E-state index >= 15 is 0 Å². The van der Waals surface area contributed by atoms with Crippen LogP contribution >= 0.6 is 12.2 Å². The number of nitrogens with one attached hydrogen (secondary N) is 3. The van der Waals surface area contributed by atoms with Crippen LogP contribution in [0.2, 0.25) is 0 Å². The molecule has 7 heteroatoms. The molecule has 0 fully saturated rings. The molecule has 0 bridgehead atoms. The Morgan fingerprint density at radius 3 is 2.58 bits per heavy atom. The van der Waals surface area contributed by atoms with Gasteiger partial charge in [-0.2, -0.15) is 0 Å². The topological polar surface area (TPSA) is 83.4 Å². The van der Waals surface area contributed by atoms with E-state index in [4.69, 9.17) is 16.6 Å². The van der Waals surface area contributed by atoms with Crippen molar-refractivity contribution in [2.24, 2.45) is 0 Å². The number of carbonyl (C=O) groups is 2. The van der Waals surface area contributed by atoms with Crippen LogP contribution in [0.15, 0.2) is 59.2 Å². The molecule has 0 aliphatic carbocycles. The number of hydrazine groups is 1. The second-order valence-corrected chi connectivity index (χ2v) is 6.07. The quantitative estimate of drug-likeness (QED) is 0.490. The monoisotopic (exact) mass is 367 g/mol. The first-order chi connectivity index (χ1) is 12.5. The average molecular weight is 367 g/mol. The van der Waals surface area contributed by atoms with Gasteiger partial charge in [0.05, 0.1) is 18.2 Å². The van der Waals surface area contributed by atoms with Gasteiger partial charge in [-0.25, -0.2) is 0 Å². The van der Waals surface area contributed by atoms with E-state index in [1.54, 1.807) is 13.0 Å². The largest absolute Gasteiger partial charge is 0.469 e. The molecule has 26 heavy (non-hydrogen) atoms. The molecule has 3 N–H and O–H groups in total. The van der Waals surface area contributed by atoms with Crippen LogP contribution in [-0.2, 0) is 11.2 Å². The van der Waals surface area contributed by atoms with Crippen LogP contribution in [0.1, 0.15) is 21.7 Å². The molecule has 2 aromatic carbocycles. The SMILES string of the molecule is Cc1occc1C(=O)NNC(=S)NC(=O)Cc1cccc2ccccc12. The third-order valence-electron chi connectivity index (χ3n) is 3.88. The van der Waals surface area contributed by atoms with Crippen molar-refractivity contribution >= 4 is 39.9 Å². The van der Waals surface area contributed by atoms with Gasteiger partial charge >= 0.3 is 0 Å². The second kappa shape index (κ2) is 7.79. The van der Waals surface area contributed by atoms with Crippen LogP contribution in [-0.4, -0.2) is 16.9 Å². The minimum Gasteiger partial charge on any atom is -0.469 e. The van der Waals surface area contributed by atoms with Gasteiger partial charge in [0.25, 0.3) is 5.91 Å². The highest BCUT2D eigenvalue weighted by Crippen LogP contribution is 2.18. The highest BCUT2D eigenvalue weighted by molar-refractivity contribution is 7.80.